The number of carbonyl (C=O) groups is 4. The van der Waals surface area contributed by atoms with Crippen LogP contribution < -0.4 is 21.7 Å². The summed E-state index contributed by atoms with van der Waals surface area (Å²) in [5.41, 5.74) is 9.55. The Labute approximate surface area is 120 Å². The van der Waals surface area contributed by atoms with Gasteiger partial charge in [-0.3, -0.25) is 9.59 Å². The van der Waals surface area contributed by atoms with Crippen LogP contribution in [0.4, 0.5) is 0 Å². The number of carbonyl (C=O) groups excluding carboxylic acids is 2. The summed E-state index contributed by atoms with van der Waals surface area (Å²) in [6, 6.07) is -2.80. The van der Waals surface area contributed by atoms with Gasteiger partial charge in [-0.05, 0) is 0 Å². The molecule has 104 valence electrons. The van der Waals surface area contributed by atoms with E-state index >= 15 is 0 Å². The van der Waals surface area contributed by atoms with Gasteiger partial charge in [0.25, 0.3) is 0 Å². The molecule has 0 unspecified atom stereocenters. The van der Waals surface area contributed by atoms with E-state index in [1.54, 1.807) is 0 Å². The van der Waals surface area contributed by atoms with Crippen molar-refractivity contribution in [2.24, 2.45) is 11.5 Å². The molecule has 19 heavy (non-hydrogen) atoms. The Kier molecular flexibility index (Phi) is 13.7. The van der Waals surface area contributed by atoms with Gasteiger partial charge < -0.3 is 41.5 Å². The fourth-order valence-electron chi connectivity index (χ4n) is 0.543. The quantitative estimate of drug-likeness (QED) is 0.341. The Morgan fingerprint density at radius 1 is 0.842 bits per heavy atom. The third-order valence-corrected chi connectivity index (χ3v) is 1.39. The Morgan fingerprint density at radius 2 is 1.05 bits per heavy atom. The van der Waals surface area contributed by atoms with Crippen molar-refractivity contribution in [1.82, 2.24) is 0 Å². The van der Waals surface area contributed by atoms with Crippen LogP contribution >= 0.6 is 0 Å². The summed E-state index contributed by atoms with van der Waals surface area (Å²) in [6.07, 6.45) is -1.19. The van der Waals surface area contributed by atoms with Crippen LogP contribution in [0.25, 0.3) is 0 Å². The van der Waals surface area contributed by atoms with Crippen LogP contribution in [-0.4, -0.2) is 46.2 Å². The van der Waals surface area contributed by atoms with Gasteiger partial charge >= 0.3 is 31.4 Å². The Hall–Kier alpha value is -1.58. The molecule has 0 aromatic carbocycles. The molecule has 0 fully saturated rings. The van der Waals surface area contributed by atoms with Gasteiger partial charge in [-0.1, -0.05) is 0 Å². The van der Waals surface area contributed by atoms with E-state index in [9.17, 15) is 29.4 Å². The molecule has 6 N–H and O–H groups in total. The van der Waals surface area contributed by atoms with Crippen LogP contribution in [0.15, 0.2) is 0 Å². The Balaban J connectivity index is -0.000000256. The minimum atomic E-state index is -1.54. The first-order valence-corrected chi connectivity index (χ1v) is 4.44. The monoisotopic (exact) mass is 328 g/mol. The van der Waals surface area contributed by atoms with Crippen molar-refractivity contribution < 1.29 is 59.1 Å². The first-order chi connectivity index (χ1) is 8.07. The molecule has 2 atom stereocenters. The fourth-order valence-corrected chi connectivity index (χ4v) is 0.543. The third-order valence-electron chi connectivity index (χ3n) is 1.39. The fraction of sp³-hybridized carbons (Fsp3) is 0.500. The number of hydrogen-bond donors (Lipinski definition) is 4. The maximum Gasteiger partial charge on any atom is 2.00 e. The van der Waals surface area contributed by atoms with Crippen molar-refractivity contribution in [3.63, 3.8) is 0 Å². The van der Waals surface area contributed by atoms with E-state index in [2.05, 4.69) is 0 Å². The van der Waals surface area contributed by atoms with Crippen LogP contribution in [0.5, 0.6) is 0 Å². The molecule has 0 amide bonds. The van der Waals surface area contributed by atoms with E-state index in [-0.39, 0.29) is 19.5 Å². The molecular weight excluding hydrogens is 317 g/mol. The maximum absolute atomic E-state index is 9.74. The molecule has 0 aliphatic rings. The minimum absolute atomic E-state index is 0. The second kappa shape index (κ2) is 11.5. The van der Waals surface area contributed by atoms with E-state index in [0.717, 1.165) is 0 Å². The van der Waals surface area contributed by atoms with Crippen molar-refractivity contribution in [2.75, 3.05) is 0 Å². The molecule has 10 nitrogen and oxygen atoms in total. The van der Waals surface area contributed by atoms with Crippen LogP contribution in [0.1, 0.15) is 12.8 Å². The van der Waals surface area contributed by atoms with E-state index in [4.69, 9.17) is 21.7 Å². The first kappa shape index (κ1) is 22.6. The summed E-state index contributed by atoms with van der Waals surface area (Å²) >= 11 is 0. The number of carboxylic acids is 4. The number of nitrogens with two attached hydrogens (primary N) is 2. The molecule has 11 heteroatoms. The van der Waals surface area contributed by atoms with Gasteiger partial charge in [0, 0.05) is 0 Å². The SMILES string of the molecule is N[C@@H](CC(=O)O)C(=O)[O-].N[C@H](CC(=O)O)C(=O)[O-].[Zn+2]. The average molecular weight is 330 g/mol. The third kappa shape index (κ3) is 16.4. The number of aliphatic carboxylic acids is 4. The molecule has 0 rings (SSSR count). The molecule has 0 aromatic rings. The Morgan fingerprint density at radius 3 is 1.11 bits per heavy atom. The minimum Gasteiger partial charge on any atom is -0.548 e. The van der Waals surface area contributed by atoms with Gasteiger partial charge in [0.1, 0.15) is 0 Å². The maximum atomic E-state index is 9.74. The molecule has 0 saturated heterocycles. The van der Waals surface area contributed by atoms with Crippen LogP contribution in [-0.2, 0) is 38.7 Å². The average Bonchev–Trinajstić information content (AvgIpc) is 2.16. The molecule has 0 aromatic heterocycles. The first-order valence-electron chi connectivity index (χ1n) is 4.44. The van der Waals surface area contributed by atoms with Crippen molar-refractivity contribution in [1.29, 1.82) is 0 Å². The van der Waals surface area contributed by atoms with E-state index in [1.165, 1.54) is 0 Å². The van der Waals surface area contributed by atoms with Crippen LogP contribution in [0.2, 0.25) is 0 Å². The van der Waals surface area contributed by atoms with E-state index < -0.39 is 48.8 Å². The molecule has 0 aliphatic heterocycles. The predicted octanol–water partition coefficient (Wildman–Crippen LogP) is -4.93. The predicted molar refractivity (Wildman–Crippen MR) is 50.5 cm³/mol. The zero-order valence-electron chi connectivity index (χ0n) is 9.77. The molecule has 0 heterocycles. The van der Waals surface area contributed by atoms with Crippen LogP contribution in [0.3, 0.4) is 0 Å². The Bertz CT molecular complexity index is 303. The number of carboxylic acid groups (broad SMARTS) is 4. The summed E-state index contributed by atoms with van der Waals surface area (Å²) < 4.78 is 0. The summed E-state index contributed by atoms with van der Waals surface area (Å²) in [6.45, 7) is 0. The van der Waals surface area contributed by atoms with Gasteiger partial charge in [-0.15, -0.1) is 0 Å². The summed E-state index contributed by atoms with van der Waals surface area (Å²) in [5.74, 6) is -5.58. The molecule has 0 aliphatic carbocycles. The smallest absolute Gasteiger partial charge is 0.548 e. The molecular formula is C8H12N2O8Zn. The molecule has 0 spiro atoms. The normalized spacial score (nSPS) is 11.9. The molecule has 0 saturated carbocycles. The molecule has 0 radical (unpaired) electrons. The van der Waals surface area contributed by atoms with E-state index in [0.29, 0.717) is 0 Å². The second-order valence-corrected chi connectivity index (χ2v) is 3.05. The van der Waals surface area contributed by atoms with Gasteiger partial charge in [0.2, 0.25) is 0 Å². The van der Waals surface area contributed by atoms with Crippen molar-refractivity contribution in [3.8, 4) is 0 Å². The standard InChI is InChI=1S/2C4H7NO4.Zn/c2*5-2(4(8)9)1-3(6)7;/h2*2H,1,5H2,(H,6,7)(H,8,9);/q;;+2/p-2/t2*2-;/m10./s1. The topological polar surface area (TPSA) is 207 Å². The van der Waals surface area contributed by atoms with Crippen molar-refractivity contribution in [2.45, 2.75) is 24.9 Å². The molecule has 0 bridgehead atoms. The van der Waals surface area contributed by atoms with Gasteiger partial charge in [-0.2, -0.15) is 0 Å². The second-order valence-electron chi connectivity index (χ2n) is 3.05. The zero-order chi connectivity index (χ0) is 14.9. The van der Waals surface area contributed by atoms with Gasteiger partial charge in [-0.25, -0.2) is 0 Å². The largest absolute Gasteiger partial charge is 2.00 e. The van der Waals surface area contributed by atoms with Crippen molar-refractivity contribution >= 4 is 23.9 Å². The zero-order valence-corrected chi connectivity index (χ0v) is 12.7. The summed E-state index contributed by atoms with van der Waals surface area (Å²) in [7, 11) is 0. The number of rotatable bonds is 6. The number of hydrogen-bond acceptors (Lipinski definition) is 8. The van der Waals surface area contributed by atoms with Crippen molar-refractivity contribution in [3.05, 3.63) is 0 Å². The van der Waals surface area contributed by atoms with Gasteiger partial charge in [0.15, 0.2) is 0 Å². The summed E-state index contributed by atoms with van der Waals surface area (Å²) in [5, 5.41) is 35.4. The van der Waals surface area contributed by atoms with Crippen LogP contribution in [0, 0.1) is 0 Å². The van der Waals surface area contributed by atoms with E-state index in [1.807, 2.05) is 0 Å². The summed E-state index contributed by atoms with van der Waals surface area (Å²) in [4.78, 5) is 39.0. The van der Waals surface area contributed by atoms with Gasteiger partial charge in [0.05, 0.1) is 36.9 Å².